The third kappa shape index (κ3) is 3.52. The summed E-state index contributed by atoms with van der Waals surface area (Å²) in [6.07, 6.45) is 1.42. The Balaban J connectivity index is 1.85. The summed E-state index contributed by atoms with van der Waals surface area (Å²) < 4.78 is 0. The van der Waals surface area contributed by atoms with Crippen molar-refractivity contribution >= 4 is 34.9 Å². The maximum atomic E-state index is 12.3. The van der Waals surface area contributed by atoms with Gasteiger partial charge in [0.1, 0.15) is 11.2 Å². The number of halogens is 1. The molecule has 134 valence electrons. The fraction of sp³-hybridized carbons (Fsp3) is 0.222. The molecule has 2 amide bonds. The van der Waals surface area contributed by atoms with Crippen molar-refractivity contribution < 1.29 is 9.59 Å². The summed E-state index contributed by atoms with van der Waals surface area (Å²) in [4.78, 5) is 34.1. The van der Waals surface area contributed by atoms with Crippen molar-refractivity contribution in [2.75, 3.05) is 18.9 Å². The number of anilines is 1. The average molecular weight is 372 g/mol. The first-order valence-electron chi connectivity index (χ1n) is 7.93. The van der Waals surface area contributed by atoms with Crippen molar-refractivity contribution in [1.29, 1.82) is 0 Å². The molecular weight excluding hydrogens is 354 g/mol. The van der Waals surface area contributed by atoms with E-state index in [1.807, 2.05) is 25.1 Å². The monoisotopic (exact) mass is 371 g/mol. The van der Waals surface area contributed by atoms with Crippen molar-refractivity contribution in [3.63, 3.8) is 0 Å². The Morgan fingerprint density at radius 3 is 2.77 bits per heavy atom. The Kier molecular flexibility index (Phi) is 4.65. The number of aromatic nitrogens is 1. The lowest BCUT2D eigenvalue weighted by atomic mass is 9.90. The minimum Gasteiger partial charge on any atom is -0.379 e. The van der Waals surface area contributed by atoms with Crippen LogP contribution in [0.4, 0.5) is 5.69 Å². The van der Waals surface area contributed by atoms with E-state index in [0.717, 1.165) is 5.56 Å². The minimum absolute atomic E-state index is 0.0268. The highest BCUT2D eigenvalue weighted by Crippen LogP contribution is 2.30. The third-order valence-corrected chi connectivity index (χ3v) is 4.40. The van der Waals surface area contributed by atoms with Gasteiger partial charge in [0.2, 0.25) is 0 Å². The fourth-order valence-electron chi connectivity index (χ4n) is 2.87. The highest BCUT2D eigenvalue weighted by atomic mass is 35.5. The van der Waals surface area contributed by atoms with E-state index >= 15 is 0 Å². The second-order valence-corrected chi connectivity index (χ2v) is 6.77. The van der Waals surface area contributed by atoms with Crippen molar-refractivity contribution in [2.45, 2.75) is 12.5 Å². The van der Waals surface area contributed by atoms with E-state index in [0.29, 0.717) is 17.3 Å². The van der Waals surface area contributed by atoms with Crippen LogP contribution in [0.3, 0.4) is 0 Å². The number of pyridine rings is 1. The van der Waals surface area contributed by atoms with E-state index in [1.165, 1.54) is 11.1 Å². The highest BCUT2D eigenvalue weighted by molar-refractivity contribution is 6.37. The number of carbonyl (C=O) groups excluding carboxylic acids is 2. The Morgan fingerprint density at radius 2 is 2.12 bits per heavy atom. The molecule has 0 fully saturated rings. The van der Waals surface area contributed by atoms with Gasteiger partial charge in [0.05, 0.1) is 5.02 Å². The van der Waals surface area contributed by atoms with Crippen molar-refractivity contribution in [3.8, 4) is 0 Å². The van der Waals surface area contributed by atoms with Crippen LogP contribution in [0.25, 0.3) is 0 Å². The van der Waals surface area contributed by atoms with Crippen LogP contribution in [-0.4, -0.2) is 41.1 Å². The standard InChI is InChI=1S/C18H18ClN5O2/c1-18(10-24(2)17(26)15(20)23-18)11-4-3-5-13(8-11)22-16(25)14-7-6-12(19)9-21-14/h3-9H,10H2,1-2H3,(H2,20,23)(H,22,25)/t18-/m0/s1. The average Bonchev–Trinajstić information content (AvgIpc) is 2.60. The van der Waals surface area contributed by atoms with Crippen LogP contribution in [-0.2, 0) is 10.3 Å². The molecule has 1 atom stereocenters. The number of amides is 2. The maximum absolute atomic E-state index is 12.3. The van der Waals surface area contributed by atoms with E-state index in [-0.39, 0.29) is 23.3 Å². The first-order chi connectivity index (χ1) is 12.3. The molecule has 3 rings (SSSR count). The minimum atomic E-state index is -0.688. The van der Waals surface area contributed by atoms with Gasteiger partial charge in [-0.3, -0.25) is 14.6 Å². The summed E-state index contributed by atoms with van der Waals surface area (Å²) in [6.45, 7) is 2.28. The molecule has 3 N–H and O–H groups in total. The van der Waals surface area contributed by atoms with Crippen LogP contribution in [0.5, 0.6) is 0 Å². The number of aliphatic imine (C=N–C) groups is 1. The molecule has 0 unspecified atom stereocenters. The van der Waals surface area contributed by atoms with Crippen LogP contribution in [0.15, 0.2) is 47.6 Å². The summed E-state index contributed by atoms with van der Waals surface area (Å²) in [7, 11) is 1.68. The second-order valence-electron chi connectivity index (χ2n) is 6.33. The number of likely N-dealkylation sites (N-methyl/N-ethyl adjacent to an activating group) is 1. The zero-order chi connectivity index (χ0) is 18.9. The lowest BCUT2D eigenvalue weighted by Crippen LogP contribution is -2.50. The predicted octanol–water partition coefficient (Wildman–Crippen LogP) is 2.03. The quantitative estimate of drug-likeness (QED) is 0.861. The molecule has 0 saturated heterocycles. The number of nitrogens with zero attached hydrogens (tertiary/aromatic N) is 3. The third-order valence-electron chi connectivity index (χ3n) is 4.18. The van der Waals surface area contributed by atoms with E-state index in [4.69, 9.17) is 17.3 Å². The van der Waals surface area contributed by atoms with Crippen molar-refractivity contribution in [3.05, 3.63) is 58.9 Å². The van der Waals surface area contributed by atoms with E-state index < -0.39 is 5.54 Å². The largest absolute Gasteiger partial charge is 0.379 e. The summed E-state index contributed by atoms with van der Waals surface area (Å²) in [5.74, 6) is -0.662. The van der Waals surface area contributed by atoms with Gasteiger partial charge in [-0.05, 0) is 36.8 Å². The van der Waals surface area contributed by atoms with Gasteiger partial charge in [-0.1, -0.05) is 23.7 Å². The number of nitrogens with one attached hydrogen (secondary N) is 1. The van der Waals surface area contributed by atoms with Gasteiger partial charge in [-0.2, -0.15) is 0 Å². The number of carbonyl (C=O) groups is 2. The Bertz CT molecular complexity index is 897. The normalized spacial score (nSPS) is 19.9. The van der Waals surface area contributed by atoms with Crippen molar-refractivity contribution in [2.24, 2.45) is 10.7 Å². The van der Waals surface area contributed by atoms with Gasteiger partial charge in [-0.15, -0.1) is 0 Å². The molecule has 1 aromatic carbocycles. The molecule has 1 aliphatic rings. The van der Waals surface area contributed by atoms with Gasteiger partial charge in [-0.25, -0.2) is 4.98 Å². The first-order valence-corrected chi connectivity index (χ1v) is 8.30. The van der Waals surface area contributed by atoms with Gasteiger partial charge in [0.15, 0.2) is 5.84 Å². The molecule has 0 bridgehead atoms. The van der Waals surface area contributed by atoms with Crippen LogP contribution in [0.2, 0.25) is 5.02 Å². The molecular formula is C18H18ClN5O2. The van der Waals surface area contributed by atoms with E-state index in [2.05, 4.69) is 15.3 Å². The lowest BCUT2D eigenvalue weighted by Gasteiger charge is -2.35. The van der Waals surface area contributed by atoms with Crippen LogP contribution in [0.1, 0.15) is 23.0 Å². The summed E-state index contributed by atoms with van der Waals surface area (Å²) in [5.41, 5.74) is 6.76. The summed E-state index contributed by atoms with van der Waals surface area (Å²) >= 11 is 5.79. The first kappa shape index (κ1) is 17.9. The number of hydrogen-bond donors (Lipinski definition) is 2. The Hall–Kier alpha value is -2.93. The zero-order valence-corrected chi connectivity index (χ0v) is 15.1. The molecule has 2 aromatic rings. The van der Waals surface area contributed by atoms with Gasteiger partial charge in [0, 0.05) is 25.5 Å². The maximum Gasteiger partial charge on any atom is 0.288 e. The molecule has 0 saturated carbocycles. The molecule has 0 aliphatic carbocycles. The predicted molar refractivity (Wildman–Crippen MR) is 100 cm³/mol. The SMILES string of the molecule is CN1C[C@@](C)(c2cccc(NC(=O)c3ccc(Cl)cn3)c2)N=C(N)C1=O. The van der Waals surface area contributed by atoms with Crippen molar-refractivity contribution in [1.82, 2.24) is 9.88 Å². The molecule has 2 heterocycles. The molecule has 7 nitrogen and oxygen atoms in total. The zero-order valence-electron chi connectivity index (χ0n) is 14.4. The molecule has 26 heavy (non-hydrogen) atoms. The van der Waals surface area contributed by atoms with Crippen LogP contribution in [0, 0.1) is 0 Å². The molecule has 0 radical (unpaired) electrons. The number of nitrogens with two attached hydrogens (primary N) is 1. The van der Waals surface area contributed by atoms with E-state index in [1.54, 1.807) is 25.2 Å². The highest BCUT2D eigenvalue weighted by Gasteiger charge is 2.35. The van der Waals surface area contributed by atoms with E-state index in [9.17, 15) is 9.59 Å². The summed E-state index contributed by atoms with van der Waals surface area (Å²) in [5, 5.41) is 3.26. The number of rotatable bonds is 3. The lowest BCUT2D eigenvalue weighted by molar-refractivity contribution is -0.124. The fourth-order valence-corrected chi connectivity index (χ4v) is 2.98. The van der Waals surface area contributed by atoms with Crippen LogP contribution >= 0.6 is 11.6 Å². The summed E-state index contributed by atoms with van der Waals surface area (Å²) in [6, 6.07) is 10.4. The Labute approximate surface area is 155 Å². The molecule has 0 spiro atoms. The number of amidine groups is 1. The topological polar surface area (TPSA) is 101 Å². The molecule has 1 aliphatic heterocycles. The Morgan fingerprint density at radius 1 is 1.35 bits per heavy atom. The second kappa shape index (κ2) is 6.76. The number of benzene rings is 1. The van der Waals surface area contributed by atoms with Gasteiger partial charge < -0.3 is 16.0 Å². The molecule has 8 heteroatoms. The van der Waals surface area contributed by atoms with Gasteiger partial charge in [0.25, 0.3) is 11.8 Å². The van der Waals surface area contributed by atoms with Gasteiger partial charge >= 0.3 is 0 Å². The molecule has 1 aromatic heterocycles. The smallest absolute Gasteiger partial charge is 0.288 e. The number of hydrogen-bond acceptors (Lipinski definition) is 5. The van der Waals surface area contributed by atoms with Crippen LogP contribution < -0.4 is 11.1 Å².